The number of fused-ring (bicyclic) bond motifs is 1. The monoisotopic (exact) mass is 496 g/mol. The number of likely N-dealkylation sites (N-methyl/N-ethyl adjacent to an activating group) is 1. The smallest absolute Gasteiger partial charge is 0.257 e. The summed E-state index contributed by atoms with van der Waals surface area (Å²) in [4.78, 5) is 18.1. The lowest BCUT2D eigenvalue weighted by atomic mass is 9.77. The van der Waals surface area contributed by atoms with E-state index in [9.17, 15) is 4.79 Å². The molecule has 0 N–H and O–H groups in total. The van der Waals surface area contributed by atoms with Gasteiger partial charge < -0.3 is 4.90 Å². The number of nitrogens with zero attached hydrogens (tertiary/aromatic N) is 4. The van der Waals surface area contributed by atoms with E-state index in [0.717, 1.165) is 67.3 Å². The lowest BCUT2D eigenvalue weighted by Gasteiger charge is -2.34. The minimum Gasteiger partial charge on any atom is -0.304 e. The van der Waals surface area contributed by atoms with Crippen molar-refractivity contribution in [1.29, 1.82) is 0 Å². The first-order valence-electron chi connectivity index (χ1n) is 12.0. The van der Waals surface area contributed by atoms with Gasteiger partial charge in [0.2, 0.25) is 0 Å². The first-order valence-corrected chi connectivity index (χ1v) is 12.8. The molecule has 7 heteroatoms. The van der Waals surface area contributed by atoms with Crippen molar-refractivity contribution in [3.63, 3.8) is 0 Å². The third kappa shape index (κ3) is 5.08. The molecule has 5 nitrogen and oxygen atoms in total. The molecule has 3 aliphatic rings. The maximum absolute atomic E-state index is 13.6. The van der Waals surface area contributed by atoms with Crippen molar-refractivity contribution in [3.8, 4) is 0 Å². The van der Waals surface area contributed by atoms with Crippen molar-refractivity contribution in [2.24, 2.45) is 11.0 Å². The lowest BCUT2D eigenvalue weighted by Crippen LogP contribution is -2.48. The Balaban J connectivity index is 1.46. The highest BCUT2D eigenvalue weighted by atomic mass is 35.5. The zero-order chi connectivity index (χ0) is 23.7. The van der Waals surface area contributed by atoms with Gasteiger partial charge in [0, 0.05) is 42.1 Å². The number of hydrazone groups is 1. The molecule has 2 aromatic carbocycles. The third-order valence-corrected chi connectivity index (χ3v) is 7.64. The predicted molar refractivity (Wildman–Crippen MR) is 139 cm³/mol. The molecule has 2 atom stereocenters. The number of allylic oxidation sites excluding steroid dienone is 1. The van der Waals surface area contributed by atoms with Gasteiger partial charge in [-0.15, -0.1) is 0 Å². The van der Waals surface area contributed by atoms with Gasteiger partial charge >= 0.3 is 0 Å². The van der Waals surface area contributed by atoms with Gasteiger partial charge in [0.05, 0.1) is 18.3 Å². The van der Waals surface area contributed by atoms with E-state index in [-0.39, 0.29) is 17.9 Å². The van der Waals surface area contributed by atoms with Crippen LogP contribution >= 0.6 is 23.2 Å². The molecule has 0 bridgehead atoms. The van der Waals surface area contributed by atoms with Crippen LogP contribution in [0.1, 0.15) is 36.4 Å². The van der Waals surface area contributed by atoms with E-state index in [4.69, 9.17) is 28.3 Å². The Morgan fingerprint density at radius 1 is 1.00 bits per heavy atom. The van der Waals surface area contributed by atoms with Crippen LogP contribution in [-0.2, 0) is 4.79 Å². The Bertz CT molecular complexity index is 1090. The second-order valence-electron chi connectivity index (χ2n) is 9.52. The number of amides is 1. The van der Waals surface area contributed by atoms with Crippen molar-refractivity contribution < 1.29 is 4.79 Å². The molecule has 178 valence electrons. The summed E-state index contributed by atoms with van der Waals surface area (Å²) in [6, 6.07) is 15.7. The molecule has 1 aliphatic carbocycles. The van der Waals surface area contributed by atoms with Gasteiger partial charge in [0.1, 0.15) is 0 Å². The maximum atomic E-state index is 13.6. The first-order chi connectivity index (χ1) is 16.5. The zero-order valence-electron chi connectivity index (χ0n) is 19.5. The highest BCUT2D eigenvalue weighted by Gasteiger charge is 2.43. The number of piperazine rings is 1. The SMILES string of the molecule is CN1CCN(CC(=O)N2N=C3/C(=C/c4ccc(Cl)cc4)CCC[C@@H]3[C@@H]2c2ccc(Cl)cc2)CC1. The normalized spacial score (nSPS) is 24.9. The molecule has 34 heavy (non-hydrogen) atoms. The van der Waals surface area contributed by atoms with Crippen LogP contribution in [0.15, 0.2) is 59.2 Å². The van der Waals surface area contributed by atoms with Crippen LogP contribution in [0, 0.1) is 5.92 Å². The lowest BCUT2D eigenvalue weighted by molar-refractivity contribution is -0.135. The highest BCUT2D eigenvalue weighted by Crippen LogP contribution is 2.44. The predicted octanol–water partition coefficient (Wildman–Crippen LogP) is 5.36. The van der Waals surface area contributed by atoms with Crippen molar-refractivity contribution >= 4 is 40.9 Å². The minimum absolute atomic E-state index is 0.0669. The molecule has 1 amide bonds. The van der Waals surface area contributed by atoms with Gasteiger partial charge in [-0.1, -0.05) is 47.5 Å². The fraction of sp³-hybridized carbons (Fsp3) is 0.407. The van der Waals surface area contributed by atoms with Crippen LogP contribution < -0.4 is 0 Å². The molecule has 0 radical (unpaired) electrons. The van der Waals surface area contributed by atoms with Crippen molar-refractivity contribution in [2.45, 2.75) is 25.3 Å². The van der Waals surface area contributed by atoms with Crippen LogP contribution in [0.5, 0.6) is 0 Å². The van der Waals surface area contributed by atoms with Gasteiger partial charge in [0.25, 0.3) is 5.91 Å². The van der Waals surface area contributed by atoms with Crippen molar-refractivity contribution in [2.75, 3.05) is 39.8 Å². The highest BCUT2D eigenvalue weighted by molar-refractivity contribution is 6.30. The molecule has 0 aromatic heterocycles. The van der Waals surface area contributed by atoms with Gasteiger partial charge in [0.15, 0.2) is 0 Å². The van der Waals surface area contributed by atoms with Crippen LogP contribution in [-0.4, -0.2) is 66.2 Å². The summed E-state index contributed by atoms with van der Waals surface area (Å²) in [7, 11) is 2.13. The number of rotatable bonds is 4. The molecule has 1 saturated carbocycles. The molecule has 0 unspecified atom stereocenters. The first kappa shape index (κ1) is 23.6. The largest absolute Gasteiger partial charge is 0.304 e. The van der Waals surface area contributed by atoms with E-state index in [2.05, 4.69) is 22.9 Å². The number of benzene rings is 2. The average molecular weight is 497 g/mol. The Morgan fingerprint density at radius 2 is 1.65 bits per heavy atom. The molecular formula is C27H30Cl2N4O. The summed E-state index contributed by atoms with van der Waals surface area (Å²) in [5.41, 5.74) is 4.46. The molecule has 2 fully saturated rings. The molecular weight excluding hydrogens is 467 g/mol. The summed E-state index contributed by atoms with van der Waals surface area (Å²) in [5, 5.41) is 8.19. The van der Waals surface area contributed by atoms with Crippen LogP contribution in [0.3, 0.4) is 0 Å². The third-order valence-electron chi connectivity index (χ3n) is 7.13. The molecule has 0 spiro atoms. The maximum Gasteiger partial charge on any atom is 0.257 e. The topological polar surface area (TPSA) is 39.1 Å². The molecule has 2 aliphatic heterocycles. The number of carbonyl (C=O) groups is 1. The van der Waals surface area contributed by atoms with Gasteiger partial charge in [-0.25, -0.2) is 5.01 Å². The van der Waals surface area contributed by atoms with E-state index >= 15 is 0 Å². The van der Waals surface area contributed by atoms with E-state index in [1.807, 2.05) is 48.5 Å². The summed E-state index contributed by atoms with van der Waals surface area (Å²) in [6.45, 7) is 4.18. The van der Waals surface area contributed by atoms with E-state index in [1.165, 1.54) is 5.57 Å². The Labute approximate surface area is 211 Å². The van der Waals surface area contributed by atoms with E-state index in [1.54, 1.807) is 5.01 Å². The molecule has 1 saturated heterocycles. The number of hydrogen-bond donors (Lipinski definition) is 0. The average Bonchev–Trinajstić information content (AvgIpc) is 3.23. The second-order valence-corrected chi connectivity index (χ2v) is 10.4. The standard InChI is InChI=1S/C27H30Cl2N4O/c1-31-13-15-32(16-14-31)18-25(34)33-27(20-7-11-23(29)12-8-20)24-4-2-3-21(26(24)30-33)17-19-5-9-22(28)10-6-19/h5-12,17,24,27H,2-4,13-16,18H2,1H3/b21-17+/t24-,27-/m0/s1. The summed E-state index contributed by atoms with van der Waals surface area (Å²) >= 11 is 12.3. The zero-order valence-corrected chi connectivity index (χ0v) is 21.0. The van der Waals surface area contributed by atoms with Crippen molar-refractivity contribution in [3.05, 3.63) is 75.3 Å². The number of hydrogen-bond acceptors (Lipinski definition) is 4. The summed E-state index contributed by atoms with van der Waals surface area (Å²) < 4.78 is 0. The summed E-state index contributed by atoms with van der Waals surface area (Å²) in [6.07, 6.45) is 5.26. The fourth-order valence-electron chi connectivity index (χ4n) is 5.23. The summed E-state index contributed by atoms with van der Waals surface area (Å²) in [5.74, 6) is 0.252. The number of halogens is 2. The van der Waals surface area contributed by atoms with Gasteiger partial charge in [-0.3, -0.25) is 9.69 Å². The van der Waals surface area contributed by atoms with Crippen molar-refractivity contribution in [1.82, 2.24) is 14.8 Å². The van der Waals surface area contributed by atoms with E-state index < -0.39 is 0 Å². The fourth-order valence-corrected chi connectivity index (χ4v) is 5.48. The molecule has 2 heterocycles. The second kappa shape index (κ2) is 10.2. The van der Waals surface area contributed by atoms with Crippen LogP contribution in [0.4, 0.5) is 0 Å². The molecule has 2 aromatic rings. The Hall–Kier alpha value is -2.18. The number of carbonyl (C=O) groups excluding carboxylic acids is 1. The Kier molecular flexibility index (Phi) is 7.07. The minimum atomic E-state index is -0.0962. The Morgan fingerprint density at radius 3 is 2.32 bits per heavy atom. The van der Waals surface area contributed by atoms with Crippen LogP contribution in [0.25, 0.3) is 6.08 Å². The van der Waals surface area contributed by atoms with Crippen LogP contribution in [0.2, 0.25) is 10.0 Å². The quantitative estimate of drug-likeness (QED) is 0.571. The van der Waals surface area contributed by atoms with E-state index in [0.29, 0.717) is 11.6 Å². The van der Waals surface area contributed by atoms with Gasteiger partial charge in [-0.05, 0) is 73.4 Å². The van der Waals surface area contributed by atoms with Gasteiger partial charge in [-0.2, -0.15) is 5.10 Å². The molecule has 5 rings (SSSR count).